The smallest absolute Gasteiger partial charge is 0.314 e. The standard InChI is InChI=1S/C11H22F3NS/c1-4-7-15-9(3)10(5-2)6-8-16-11(12,13)14/h9-10,15H,4-8H2,1-3H3. The first-order valence-electron chi connectivity index (χ1n) is 5.84. The van der Waals surface area contributed by atoms with Gasteiger partial charge in [-0.15, -0.1) is 0 Å². The number of thioether (sulfide) groups is 1. The molecule has 16 heavy (non-hydrogen) atoms. The Balaban J connectivity index is 3.81. The van der Waals surface area contributed by atoms with Crippen molar-refractivity contribution in [2.24, 2.45) is 5.92 Å². The van der Waals surface area contributed by atoms with E-state index < -0.39 is 5.51 Å². The zero-order valence-electron chi connectivity index (χ0n) is 10.2. The molecule has 0 amide bonds. The minimum Gasteiger partial charge on any atom is -0.314 e. The van der Waals surface area contributed by atoms with Gasteiger partial charge >= 0.3 is 5.51 Å². The molecule has 0 saturated carbocycles. The first-order chi connectivity index (χ1) is 7.40. The van der Waals surface area contributed by atoms with Gasteiger partial charge in [-0.1, -0.05) is 32.0 Å². The van der Waals surface area contributed by atoms with Crippen LogP contribution in [0.25, 0.3) is 0 Å². The molecule has 1 nitrogen and oxygen atoms in total. The number of nitrogens with one attached hydrogen (secondary N) is 1. The lowest BCUT2D eigenvalue weighted by atomic mass is 9.95. The van der Waals surface area contributed by atoms with Crippen molar-refractivity contribution in [1.82, 2.24) is 5.32 Å². The summed E-state index contributed by atoms with van der Waals surface area (Å²) in [4.78, 5) is 0. The van der Waals surface area contributed by atoms with Crippen molar-refractivity contribution in [2.45, 2.75) is 51.6 Å². The van der Waals surface area contributed by atoms with Crippen LogP contribution in [0.3, 0.4) is 0 Å². The van der Waals surface area contributed by atoms with Gasteiger partial charge in [0.2, 0.25) is 0 Å². The fourth-order valence-electron chi connectivity index (χ4n) is 1.67. The molecule has 0 spiro atoms. The van der Waals surface area contributed by atoms with E-state index in [-0.39, 0.29) is 17.5 Å². The van der Waals surface area contributed by atoms with Crippen molar-refractivity contribution >= 4 is 11.8 Å². The van der Waals surface area contributed by atoms with Gasteiger partial charge in [0, 0.05) is 11.8 Å². The van der Waals surface area contributed by atoms with Crippen LogP contribution in [0, 0.1) is 5.92 Å². The normalized spacial score (nSPS) is 16.1. The fraction of sp³-hybridized carbons (Fsp3) is 1.00. The molecule has 5 heteroatoms. The molecule has 0 aliphatic heterocycles. The van der Waals surface area contributed by atoms with Crippen LogP contribution in [0.1, 0.15) is 40.0 Å². The van der Waals surface area contributed by atoms with Gasteiger partial charge in [0.1, 0.15) is 0 Å². The number of rotatable bonds is 8. The summed E-state index contributed by atoms with van der Waals surface area (Å²) in [6.07, 6.45) is 2.60. The second-order valence-electron chi connectivity index (χ2n) is 3.99. The molecule has 0 aromatic rings. The molecule has 0 saturated heterocycles. The topological polar surface area (TPSA) is 12.0 Å². The molecule has 0 aliphatic rings. The maximum absolute atomic E-state index is 12.0. The number of hydrogen-bond acceptors (Lipinski definition) is 2. The number of hydrogen-bond donors (Lipinski definition) is 1. The van der Waals surface area contributed by atoms with Crippen LogP contribution in [0.2, 0.25) is 0 Å². The maximum atomic E-state index is 12.0. The molecular formula is C11H22F3NS. The average molecular weight is 257 g/mol. The third-order valence-corrected chi connectivity index (χ3v) is 3.47. The molecule has 2 unspecified atom stereocenters. The summed E-state index contributed by atoms with van der Waals surface area (Å²) >= 11 is 0.0907. The summed E-state index contributed by atoms with van der Waals surface area (Å²) in [6.45, 7) is 7.11. The maximum Gasteiger partial charge on any atom is 0.441 e. The molecule has 0 heterocycles. The Morgan fingerprint density at radius 3 is 2.31 bits per heavy atom. The minimum atomic E-state index is -4.08. The molecule has 0 aliphatic carbocycles. The van der Waals surface area contributed by atoms with Crippen molar-refractivity contribution in [2.75, 3.05) is 12.3 Å². The average Bonchev–Trinajstić information content (AvgIpc) is 2.19. The molecular weight excluding hydrogens is 235 g/mol. The summed E-state index contributed by atoms with van der Waals surface area (Å²) in [5.74, 6) is 0.501. The summed E-state index contributed by atoms with van der Waals surface area (Å²) in [5, 5.41) is 3.34. The van der Waals surface area contributed by atoms with Crippen molar-refractivity contribution in [3.8, 4) is 0 Å². The highest BCUT2D eigenvalue weighted by Crippen LogP contribution is 2.32. The predicted molar refractivity (Wildman–Crippen MR) is 64.7 cm³/mol. The van der Waals surface area contributed by atoms with Gasteiger partial charge in [-0.25, -0.2) is 0 Å². The molecule has 0 aromatic carbocycles. The van der Waals surface area contributed by atoms with Crippen LogP contribution >= 0.6 is 11.8 Å². The predicted octanol–water partition coefficient (Wildman–Crippen LogP) is 4.04. The number of halogens is 3. The highest BCUT2D eigenvalue weighted by atomic mass is 32.2. The van der Waals surface area contributed by atoms with E-state index in [2.05, 4.69) is 19.2 Å². The van der Waals surface area contributed by atoms with E-state index in [0.29, 0.717) is 18.4 Å². The van der Waals surface area contributed by atoms with Crippen LogP contribution in [-0.4, -0.2) is 23.8 Å². The van der Waals surface area contributed by atoms with Gasteiger partial charge in [-0.2, -0.15) is 13.2 Å². The van der Waals surface area contributed by atoms with E-state index >= 15 is 0 Å². The molecule has 0 fully saturated rings. The largest absolute Gasteiger partial charge is 0.441 e. The molecule has 0 bridgehead atoms. The van der Waals surface area contributed by atoms with Crippen LogP contribution in [-0.2, 0) is 0 Å². The van der Waals surface area contributed by atoms with Crippen LogP contribution in [0.15, 0.2) is 0 Å². The zero-order valence-corrected chi connectivity index (χ0v) is 11.0. The molecule has 1 N–H and O–H groups in total. The van der Waals surface area contributed by atoms with Crippen molar-refractivity contribution in [3.05, 3.63) is 0 Å². The molecule has 0 radical (unpaired) electrons. The molecule has 0 rings (SSSR count). The first-order valence-corrected chi connectivity index (χ1v) is 6.83. The summed E-state index contributed by atoms with van der Waals surface area (Å²) in [5.41, 5.74) is -4.08. The van der Waals surface area contributed by atoms with Crippen LogP contribution in [0.5, 0.6) is 0 Å². The fourth-order valence-corrected chi connectivity index (χ4v) is 2.32. The third-order valence-electron chi connectivity index (χ3n) is 2.70. The molecule has 98 valence electrons. The van der Waals surface area contributed by atoms with E-state index in [1.165, 1.54) is 0 Å². The Morgan fingerprint density at radius 1 is 1.25 bits per heavy atom. The second kappa shape index (κ2) is 8.23. The van der Waals surface area contributed by atoms with Gasteiger partial charge in [-0.3, -0.25) is 0 Å². The van der Waals surface area contributed by atoms with Crippen molar-refractivity contribution < 1.29 is 13.2 Å². The summed E-state index contributed by atoms with van der Waals surface area (Å²) in [6, 6.07) is 0.304. The Kier molecular flexibility index (Phi) is 8.28. The van der Waals surface area contributed by atoms with Gasteiger partial charge in [0.15, 0.2) is 0 Å². The van der Waals surface area contributed by atoms with Gasteiger partial charge in [0.25, 0.3) is 0 Å². The van der Waals surface area contributed by atoms with Gasteiger partial charge in [-0.05, 0) is 32.2 Å². The third kappa shape index (κ3) is 8.28. The van der Waals surface area contributed by atoms with Gasteiger partial charge in [0.05, 0.1) is 0 Å². The van der Waals surface area contributed by atoms with Gasteiger partial charge < -0.3 is 5.32 Å². The Morgan fingerprint density at radius 2 is 1.88 bits per heavy atom. The van der Waals surface area contributed by atoms with E-state index in [1.807, 2.05) is 6.92 Å². The Bertz CT molecular complexity index is 173. The second-order valence-corrected chi connectivity index (χ2v) is 5.15. The van der Waals surface area contributed by atoms with Crippen LogP contribution in [0.4, 0.5) is 13.2 Å². The lowest BCUT2D eigenvalue weighted by Gasteiger charge is -2.23. The SMILES string of the molecule is CCCNC(C)C(CC)CCSC(F)(F)F. The highest BCUT2D eigenvalue weighted by molar-refractivity contribution is 8.00. The van der Waals surface area contributed by atoms with Crippen molar-refractivity contribution in [3.63, 3.8) is 0 Å². The van der Waals surface area contributed by atoms with Crippen LogP contribution < -0.4 is 5.32 Å². The highest BCUT2D eigenvalue weighted by Gasteiger charge is 2.28. The lowest BCUT2D eigenvalue weighted by molar-refractivity contribution is -0.0328. The van der Waals surface area contributed by atoms with E-state index in [4.69, 9.17) is 0 Å². The first kappa shape index (κ1) is 16.1. The Labute approximate surface area is 101 Å². The quantitative estimate of drug-likeness (QED) is 0.704. The lowest BCUT2D eigenvalue weighted by Crippen LogP contribution is -2.34. The summed E-state index contributed by atoms with van der Waals surface area (Å²) < 4.78 is 35.9. The van der Waals surface area contributed by atoms with E-state index in [0.717, 1.165) is 19.4 Å². The monoisotopic (exact) mass is 257 g/mol. The van der Waals surface area contributed by atoms with E-state index in [9.17, 15) is 13.2 Å². The molecule has 2 atom stereocenters. The number of alkyl halides is 3. The minimum absolute atomic E-state index is 0.0907. The van der Waals surface area contributed by atoms with Crippen molar-refractivity contribution in [1.29, 1.82) is 0 Å². The Hall–Kier alpha value is 0.100. The zero-order chi connectivity index (χ0) is 12.6. The molecule has 0 aromatic heterocycles. The van der Waals surface area contributed by atoms with E-state index in [1.54, 1.807) is 0 Å². The summed E-state index contributed by atoms with van der Waals surface area (Å²) in [7, 11) is 0.